The van der Waals surface area contributed by atoms with E-state index in [9.17, 15) is 9.59 Å². The van der Waals surface area contributed by atoms with E-state index in [4.69, 9.17) is 10.8 Å². The average molecular weight is 481 g/mol. The van der Waals surface area contributed by atoms with Crippen LogP contribution in [-0.2, 0) is 4.79 Å². The lowest BCUT2D eigenvalue weighted by atomic mass is 10.1. The Kier molecular flexibility index (Phi) is 5.14. The number of hydrogen-bond acceptors (Lipinski definition) is 6. The third-order valence-corrected chi connectivity index (χ3v) is 6.71. The fraction of sp³-hybridized carbons (Fsp3) is 0.192. The van der Waals surface area contributed by atoms with Gasteiger partial charge in [0.15, 0.2) is 5.82 Å². The topological polar surface area (TPSA) is 128 Å². The summed E-state index contributed by atoms with van der Waals surface area (Å²) < 4.78 is 3.54. The second kappa shape index (κ2) is 8.49. The Morgan fingerprint density at radius 2 is 1.94 bits per heavy atom. The van der Waals surface area contributed by atoms with Crippen LogP contribution in [0.15, 0.2) is 72.2 Å². The molecule has 0 saturated carbocycles. The Morgan fingerprint density at radius 3 is 2.72 bits per heavy atom. The number of amides is 1. The minimum absolute atomic E-state index is 0.131. The summed E-state index contributed by atoms with van der Waals surface area (Å²) in [4.78, 5) is 26.9. The number of anilines is 1. The van der Waals surface area contributed by atoms with Crippen LogP contribution in [-0.4, -0.2) is 53.7 Å². The van der Waals surface area contributed by atoms with Crippen molar-refractivity contribution in [1.82, 2.24) is 34.7 Å². The van der Waals surface area contributed by atoms with E-state index in [2.05, 4.69) is 21.9 Å². The predicted molar refractivity (Wildman–Crippen MR) is 138 cm³/mol. The zero-order valence-corrected chi connectivity index (χ0v) is 19.5. The van der Waals surface area contributed by atoms with Gasteiger partial charge in [0, 0.05) is 30.2 Å². The quantitative estimate of drug-likeness (QED) is 0.381. The van der Waals surface area contributed by atoms with Crippen LogP contribution in [0.5, 0.6) is 0 Å². The van der Waals surface area contributed by atoms with E-state index < -0.39 is 0 Å². The van der Waals surface area contributed by atoms with Crippen molar-refractivity contribution >= 4 is 33.5 Å². The molecule has 36 heavy (non-hydrogen) atoms. The number of benzene rings is 2. The number of fused-ring (bicyclic) bond motifs is 2. The largest absolute Gasteiger partial charge is 0.382 e. The van der Waals surface area contributed by atoms with Crippen LogP contribution in [0.1, 0.15) is 18.9 Å². The van der Waals surface area contributed by atoms with Crippen molar-refractivity contribution in [3.05, 3.63) is 77.7 Å². The highest BCUT2D eigenvalue weighted by Gasteiger charge is 2.28. The van der Waals surface area contributed by atoms with Crippen LogP contribution < -0.4 is 11.3 Å². The number of nitrogen functional groups attached to an aromatic ring is 1. The number of nitrogens with zero attached hydrogens (tertiary/aromatic N) is 6. The lowest BCUT2D eigenvalue weighted by Crippen LogP contribution is -2.40. The Bertz CT molecular complexity index is 1650. The standard InChI is InChI=1S/C26H24N8O2/c1-2-21(35)32-13-5-7-19(15-32)34-24-22(25(27)28-29-26(24)36)23(31-34)16-9-11-18(12-10-16)33-14-17-6-3-4-8-20(17)30-33/h2-4,6,8-12,14,19H,1,5,7,13,15H2,(H2,27,28)(H,29,36). The van der Waals surface area contributed by atoms with Gasteiger partial charge in [0.25, 0.3) is 5.56 Å². The lowest BCUT2D eigenvalue weighted by Gasteiger charge is -2.32. The Balaban J connectivity index is 1.43. The molecule has 1 saturated heterocycles. The molecule has 180 valence electrons. The Hall–Kier alpha value is -4.73. The molecule has 5 aromatic rings. The molecule has 0 bridgehead atoms. The molecule has 3 aromatic heterocycles. The maximum atomic E-state index is 12.9. The van der Waals surface area contributed by atoms with Gasteiger partial charge in [0.2, 0.25) is 5.91 Å². The number of likely N-dealkylation sites (tertiary alicyclic amines) is 1. The van der Waals surface area contributed by atoms with Gasteiger partial charge in [-0.1, -0.05) is 36.9 Å². The first kappa shape index (κ1) is 21.8. The smallest absolute Gasteiger partial charge is 0.290 e. The Labute approximate surface area is 205 Å². The van der Waals surface area contributed by atoms with Gasteiger partial charge in [0.05, 0.1) is 22.6 Å². The fourth-order valence-electron chi connectivity index (χ4n) is 4.93. The number of carbonyl (C=O) groups is 1. The summed E-state index contributed by atoms with van der Waals surface area (Å²) >= 11 is 0. The van der Waals surface area contributed by atoms with Crippen molar-refractivity contribution in [2.24, 2.45) is 0 Å². The van der Waals surface area contributed by atoms with Gasteiger partial charge in [-0.25, -0.2) is 9.78 Å². The summed E-state index contributed by atoms with van der Waals surface area (Å²) in [5, 5.41) is 17.5. The van der Waals surface area contributed by atoms with Crippen LogP contribution in [0.3, 0.4) is 0 Å². The number of nitrogens with one attached hydrogen (secondary N) is 1. The van der Waals surface area contributed by atoms with E-state index in [1.807, 2.05) is 59.4 Å². The maximum absolute atomic E-state index is 12.9. The van der Waals surface area contributed by atoms with Gasteiger partial charge in [0.1, 0.15) is 11.2 Å². The SMILES string of the molecule is C=CC(=O)N1CCCC(n2nc(-c3ccc(-n4cc5ccccc5n4)cc3)c3c(N)n[nH]c(=O)c32)C1. The van der Waals surface area contributed by atoms with Gasteiger partial charge in [-0.2, -0.15) is 15.3 Å². The molecule has 0 aliphatic carbocycles. The second-order valence-corrected chi connectivity index (χ2v) is 8.92. The van der Waals surface area contributed by atoms with Crippen LogP contribution in [0.2, 0.25) is 0 Å². The van der Waals surface area contributed by atoms with Crippen LogP contribution >= 0.6 is 0 Å². The number of aromatic nitrogens is 6. The molecule has 10 nitrogen and oxygen atoms in total. The third-order valence-electron chi connectivity index (χ3n) is 6.71. The minimum atomic E-state index is -0.370. The first-order valence-electron chi connectivity index (χ1n) is 11.8. The monoisotopic (exact) mass is 480 g/mol. The van der Waals surface area contributed by atoms with Gasteiger partial charge in [-0.05, 0) is 37.1 Å². The van der Waals surface area contributed by atoms with Crippen molar-refractivity contribution in [3.8, 4) is 16.9 Å². The zero-order chi connectivity index (χ0) is 24.8. The third kappa shape index (κ3) is 3.54. The predicted octanol–water partition coefficient (Wildman–Crippen LogP) is 3.06. The molecule has 1 atom stereocenters. The highest BCUT2D eigenvalue weighted by molar-refractivity contribution is 5.99. The van der Waals surface area contributed by atoms with E-state index in [-0.39, 0.29) is 23.3 Å². The molecule has 1 fully saturated rings. The summed E-state index contributed by atoms with van der Waals surface area (Å²) in [7, 11) is 0. The van der Waals surface area contributed by atoms with Gasteiger partial charge in [-0.3, -0.25) is 14.3 Å². The molecule has 0 radical (unpaired) electrons. The number of carbonyl (C=O) groups excluding carboxylic acids is 1. The average Bonchev–Trinajstić information content (AvgIpc) is 3.54. The number of nitrogens with two attached hydrogens (primary N) is 1. The highest BCUT2D eigenvalue weighted by atomic mass is 16.2. The number of aromatic amines is 1. The maximum Gasteiger partial charge on any atom is 0.290 e. The molecule has 1 unspecified atom stereocenters. The van der Waals surface area contributed by atoms with Crippen LogP contribution in [0.4, 0.5) is 5.82 Å². The van der Waals surface area contributed by atoms with E-state index >= 15 is 0 Å². The van der Waals surface area contributed by atoms with E-state index in [1.165, 1.54) is 6.08 Å². The van der Waals surface area contributed by atoms with E-state index in [0.717, 1.165) is 35.0 Å². The van der Waals surface area contributed by atoms with Crippen LogP contribution in [0.25, 0.3) is 38.8 Å². The van der Waals surface area contributed by atoms with Crippen molar-refractivity contribution < 1.29 is 4.79 Å². The number of H-pyrrole nitrogens is 1. The summed E-state index contributed by atoms with van der Waals surface area (Å²) in [6.45, 7) is 4.68. The van der Waals surface area contributed by atoms with Crippen molar-refractivity contribution in [1.29, 1.82) is 0 Å². The molecule has 1 amide bonds. The summed E-state index contributed by atoms with van der Waals surface area (Å²) in [6.07, 6.45) is 4.88. The summed E-state index contributed by atoms with van der Waals surface area (Å²) in [6, 6.07) is 15.5. The lowest BCUT2D eigenvalue weighted by molar-refractivity contribution is -0.127. The zero-order valence-electron chi connectivity index (χ0n) is 19.5. The minimum Gasteiger partial charge on any atom is -0.382 e. The molecule has 2 aromatic carbocycles. The highest BCUT2D eigenvalue weighted by Crippen LogP contribution is 2.33. The molecule has 4 heterocycles. The van der Waals surface area contributed by atoms with Crippen molar-refractivity contribution in [2.75, 3.05) is 18.8 Å². The number of rotatable bonds is 4. The van der Waals surface area contributed by atoms with Crippen molar-refractivity contribution in [3.63, 3.8) is 0 Å². The normalized spacial score (nSPS) is 16.0. The van der Waals surface area contributed by atoms with E-state index in [1.54, 1.807) is 9.58 Å². The number of piperidine rings is 1. The molecule has 10 heteroatoms. The van der Waals surface area contributed by atoms with Gasteiger partial charge in [-0.15, -0.1) is 0 Å². The fourth-order valence-corrected chi connectivity index (χ4v) is 4.93. The first-order valence-corrected chi connectivity index (χ1v) is 11.8. The van der Waals surface area contributed by atoms with Crippen LogP contribution in [0, 0.1) is 0 Å². The summed E-state index contributed by atoms with van der Waals surface area (Å²) in [5.74, 6) is 0.0661. The second-order valence-electron chi connectivity index (χ2n) is 8.92. The summed E-state index contributed by atoms with van der Waals surface area (Å²) in [5.41, 5.74) is 9.42. The van der Waals surface area contributed by atoms with Crippen molar-refractivity contribution in [2.45, 2.75) is 18.9 Å². The molecule has 1 aliphatic heterocycles. The van der Waals surface area contributed by atoms with Gasteiger partial charge >= 0.3 is 0 Å². The molecule has 6 rings (SSSR count). The molecule has 3 N–H and O–H groups in total. The van der Waals surface area contributed by atoms with Gasteiger partial charge < -0.3 is 10.6 Å². The van der Waals surface area contributed by atoms with E-state index in [0.29, 0.717) is 29.7 Å². The first-order chi connectivity index (χ1) is 17.5. The molecular weight excluding hydrogens is 456 g/mol. The molecular formula is C26H24N8O2. The molecule has 1 aliphatic rings. The Morgan fingerprint density at radius 1 is 1.14 bits per heavy atom. The number of hydrogen-bond donors (Lipinski definition) is 2. The molecule has 0 spiro atoms.